The lowest BCUT2D eigenvalue weighted by atomic mass is 10.1. The van der Waals surface area contributed by atoms with Crippen LogP contribution >= 0.6 is 23.2 Å². The molecule has 0 saturated carbocycles. The highest BCUT2D eigenvalue weighted by molar-refractivity contribution is 6.42. The molecule has 0 saturated heterocycles. The molecule has 0 aromatic heterocycles. The van der Waals surface area contributed by atoms with Crippen molar-refractivity contribution < 1.29 is 4.79 Å². The summed E-state index contributed by atoms with van der Waals surface area (Å²) >= 11 is 11.7. The first-order valence-corrected chi connectivity index (χ1v) is 6.59. The SMILES string of the molecule is CCCCNC(=O)CCc1ccc(Cl)c(Cl)c1. The standard InChI is InChI=1S/C13H17Cl2NO/c1-2-3-8-16-13(17)7-5-10-4-6-11(14)12(15)9-10/h4,6,9H,2-3,5,7-8H2,1H3,(H,16,17). The van der Waals surface area contributed by atoms with Gasteiger partial charge in [0.15, 0.2) is 0 Å². The summed E-state index contributed by atoms with van der Waals surface area (Å²) < 4.78 is 0. The first kappa shape index (κ1) is 14.3. The summed E-state index contributed by atoms with van der Waals surface area (Å²) in [4.78, 5) is 11.5. The van der Waals surface area contributed by atoms with Crippen molar-refractivity contribution in [3.05, 3.63) is 33.8 Å². The summed E-state index contributed by atoms with van der Waals surface area (Å²) in [6.45, 7) is 2.86. The molecule has 0 unspecified atom stereocenters. The molecule has 0 heterocycles. The van der Waals surface area contributed by atoms with Crippen LogP contribution in [-0.4, -0.2) is 12.5 Å². The van der Waals surface area contributed by atoms with Crippen molar-refractivity contribution in [1.82, 2.24) is 5.32 Å². The third kappa shape index (κ3) is 5.42. The fourth-order valence-corrected chi connectivity index (χ4v) is 1.77. The summed E-state index contributed by atoms with van der Waals surface area (Å²) in [6, 6.07) is 5.46. The van der Waals surface area contributed by atoms with Crippen molar-refractivity contribution in [2.24, 2.45) is 0 Å². The van der Waals surface area contributed by atoms with Crippen LogP contribution in [0.25, 0.3) is 0 Å². The molecule has 4 heteroatoms. The number of halogens is 2. The zero-order chi connectivity index (χ0) is 12.7. The molecule has 0 fully saturated rings. The fraction of sp³-hybridized carbons (Fsp3) is 0.462. The van der Waals surface area contributed by atoms with Gasteiger partial charge in [-0.1, -0.05) is 42.6 Å². The quantitative estimate of drug-likeness (QED) is 0.784. The van der Waals surface area contributed by atoms with Gasteiger partial charge in [-0.2, -0.15) is 0 Å². The minimum atomic E-state index is 0.0875. The number of carbonyl (C=O) groups excluding carboxylic acids is 1. The highest BCUT2D eigenvalue weighted by Crippen LogP contribution is 2.23. The van der Waals surface area contributed by atoms with Gasteiger partial charge in [0.25, 0.3) is 0 Å². The minimum Gasteiger partial charge on any atom is -0.356 e. The maximum absolute atomic E-state index is 11.5. The van der Waals surface area contributed by atoms with Gasteiger partial charge in [-0.3, -0.25) is 4.79 Å². The third-order valence-corrected chi connectivity index (χ3v) is 3.22. The van der Waals surface area contributed by atoms with E-state index in [4.69, 9.17) is 23.2 Å². The van der Waals surface area contributed by atoms with Crippen LogP contribution in [0.15, 0.2) is 18.2 Å². The molecule has 1 amide bonds. The highest BCUT2D eigenvalue weighted by atomic mass is 35.5. The van der Waals surface area contributed by atoms with Gasteiger partial charge < -0.3 is 5.32 Å². The molecule has 1 aromatic rings. The first-order valence-electron chi connectivity index (χ1n) is 5.84. The lowest BCUT2D eigenvalue weighted by Gasteiger charge is -2.05. The molecule has 0 atom stereocenters. The fourth-order valence-electron chi connectivity index (χ4n) is 1.45. The lowest BCUT2D eigenvalue weighted by molar-refractivity contribution is -0.121. The van der Waals surface area contributed by atoms with Gasteiger partial charge in [0, 0.05) is 13.0 Å². The Bertz CT molecular complexity index is 380. The van der Waals surface area contributed by atoms with E-state index in [2.05, 4.69) is 12.2 Å². The largest absolute Gasteiger partial charge is 0.356 e. The number of hydrogen-bond acceptors (Lipinski definition) is 1. The molecule has 1 aromatic carbocycles. The molecule has 0 spiro atoms. The molecule has 0 aliphatic heterocycles. The number of benzene rings is 1. The van der Waals surface area contributed by atoms with Crippen molar-refractivity contribution in [2.45, 2.75) is 32.6 Å². The second-order valence-corrected chi connectivity index (χ2v) is 4.77. The Hall–Kier alpha value is -0.730. The molecular formula is C13H17Cl2NO. The van der Waals surface area contributed by atoms with Crippen molar-refractivity contribution in [3.8, 4) is 0 Å². The summed E-state index contributed by atoms with van der Waals surface area (Å²) in [5.41, 5.74) is 1.03. The second kappa shape index (κ2) is 7.57. The Labute approximate surface area is 112 Å². The van der Waals surface area contributed by atoms with E-state index in [1.165, 1.54) is 0 Å². The van der Waals surface area contributed by atoms with Crippen LogP contribution in [0.4, 0.5) is 0 Å². The predicted molar refractivity (Wildman–Crippen MR) is 72.7 cm³/mol. The van der Waals surface area contributed by atoms with Crippen LogP contribution in [0, 0.1) is 0 Å². The van der Waals surface area contributed by atoms with E-state index < -0.39 is 0 Å². The molecule has 0 bridgehead atoms. The zero-order valence-corrected chi connectivity index (χ0v) is 11.4. The molecule has 94 valence electrons. The highest BCUT2D eigenvalue weighted by Gasteiger charge is 2.03. The molecule has 17 heavy (non-hydrogen) atoms. The van der Waals surface area contributed by atoms with E-state index in [1.807, 2.05) is 12.1 Å². The van der Waals surface area contributed by atoms with Crippen LogP contribution in [0.3, 0.4) is 0 Å². The van der Waals surface area contributed by atoms with Crippen LogP contribution in [0.5, 0.6) is 0 Å². The van der Waals surface area contributed by atoms with Crippen molar-refractivity contribution in [3.63, 3.8) is 0 Å². The van der Waals surface area contributed by atoms with Crippen molar-refractivity contribution >= 4 is 29.1 Å². The predicted octanol–water partition coefficient (Wildman–Crippen LogP) is 3.84. The summed E-state index contributed by atoms with van der Waals surface area (Å²) in [6.07, 6.45) is 3.29. The molecular weight excluding hydrogens is 257 g/mol. The van der Waals surface area contributed by atoms with Crippen LogP contribution < -0.4 is 5.32 Å². The minimum absolute atomic E-state index is 0.0875. The summed E-state index contributed by atoms with van der Waals surface area (Å²) in [5.74, 6) is 0.0875. The van der Waals surface area contributed by atoms with E-state index in [9.17, 15) is 4.79 Å². The monoisotopic (exact) mass is 273 g/mol. The van der Waals surface area contributed by atoms with Crippen LogP contribution in [0.1, 0.15) is 31.7 Å². The zero-order valence-electron chi connectivity index (χ0n) is 9.93. The topological polar surface area (TPSA) is 29.1 Å². The van der Waals surface area contributed by atoms with Gasteiger partial charge in [0.2, 0.25) is 5.91 Å². The second-order valence-electron chi connectivity index (χ2n) is 3.95. The number of aryl methyl sites for hydroxylation is 1. The van der Waals surface area contributed by atoms with Gasteiger partial charge >= 0.3 is 0 Å². The Morgan fingerprint density at radius 2 is 2.06 bits per heavy atom. The number of amides is 1. The third-order valence-electron chi connectivity index (χ3n) is 2.48. The Balaban J connectivity index is 2.34. The smallest absolute Gasteiger partial charge is 0.220 e. The van der Waals surface area contributed by atoms with E-state index in [0.717, 1.165) is 24.9 Å². The van der Waals surface area contributed by atoms with Gasteiger partial charge in [0.1, 0.15) is 0 Å². The van der Waals surface area contributed by atoms with Gasteiger partial charge in [0.05, 0.1) is 10.0 Å². The number of carbonyl (C=O) groups is 1. The van der Waals surface area contributed by atoms with Gasteiger partial charge in [-0.15, -0.1) is 0 Å². The maximum atomic E-state index is 11.5. The van der Waals surface area contributed by atoms with E-state index >= 15 is 0 Å². The van der Waals surface area contributed by atoms with Crippen molar-refractivity contribution in [1.29, 1.82) is 0 Å². The Morgan fingerprint density at radius 1 is 1.29 bits per heavy atom. The molecule has 0 aliphatic rings. The van der Waals surface area contributed by atoms with Gasteiger partial charge in [-0.25, -0.2) is 0 Å². The van der Waals surface area contributed by atoms with E-state index in [0.29, 0.717) is 22.9 Å². The Kier molecular flexibility index (Phi) is 6.38. The van der Waals surface area contributed by atoms with E-state index in [1.54, 1.807) is 6.07 Å². The molecule has 1 N–H and O–H groups in total. The molecule has 1 rings (SSSR count). The summed E-state index contributed by atoms with van der Waals surface area (Å²) in [5, 5.41) is 3.96. The van der Waals surface area contributed by atoms with Crippen LogP contribution in [-0.2, 0) is 11.2 Å². The summed E-state index contributed by atoms with van der Waals surface area (Å²) in [7, 11) is 0. The molecule has 0 radical (unpaired) electrons. The van der Waals surface area contributed by atoms with Crippen LogP contribution in [0.2, 0.25) is 10.0 Å². The number of unbranched alkanes of at least 4 members (excludes halogenated alkanes) is 1. The van der Waals surface area contributed by atoms with Gasteiger partial charge in [-0.05, 0) is 30.5 Å². The normalized spacial score (nSPS) is 10.3. The first-order chi connectivity index (χ1) is 8.13. The van der Waals surface area contributed by atoms with Crippen molar-refractivity contribution in [2.75, 3.05) is 6.54 Å². The average molecular weight is 274 g/mol. The molecule has 2 nitrogen and oxygen atoms in total. The molecule has 0 aliphatic carbocycles. The number of nitrogens with one attached hydrogen (secondary N) is 1. The number of hydrogen-bond donors (Lipinski definition) is 1. The van der Waals surface area contributed by atoms with E-state index in [-0.39, 0.29) is 5.91 Å². The number of rotatable bonds is 6. The lowest BCUT2D eigenvalue weighted by Crippen LogP contribution is -2.24. The Morgan fingerprint density at radius 3 is 2.71 bits per heavy atom. The maximum Gasteiger partial charge on any atom is 0.220 e. The average Bonchev–Trinajstić information content (AvgIpc) is 2.31.